The molecular weight excluding hydrogens is 162 g/mol. The lowest BCUT2D eigenvalue weighted by Crippen LogP contribution is -2.16. The Bertz CT molecular complexity index is 301. The number of nitriles is 1. The van der Waals surface area contributed by atoms with Crippen LogP contribution in [-0.4, -0.2) is 18.1 Å². The van der Waals surface area contributed by atoms with E-state index in [1.807, 2.05) is 18.2 Å². The fourth-order valence-corrected chi connectivity index (χ4v) is 1.07. The van der Waals surface area contributed by atoms with Crippen LogP contribution in [0.5, 0.6) is 0 Å². The maximum atomic E-state index is 8.61. The molecule has 0 fully saturated rings. The van der Waals surface area contributed by atoms with Crippen LogP contribution in [0, 0.1) is 11.3 Å². The van der Waals surface area contributed by atoms with Crippen molar-refractivity contribution in [3.8, 4) is 6.07 Å². The number of pyridine rings is 1. The van der Waals surface area contributed by atoms with Gasteiger partial charge in [-0.25, -0.2) is 4.98 Å². The molecule has 68 valence electrons. The Morgan fingerprint density at radius 1 is 1.54 bits per heavy atom. The van der Waals surface area contributed by atoms with Gasteiger partial charge in [0.2, 0.25) is 0 Å². The smallest absolute Gasteiger partial charge is 0.140 e. The summed E-state index contributed by atoms with van der Waals surface area (Å²) >= 11 is 0. The van der Waals surface area contributed by atoms with Crippen molar-refractivity contribution in [2.45, 2.75) is 13.3 Å². The summed E-state index contributed by atoms with van der Waals surface area (Å²) in [6.45, 7) is 3.95. The second kappa shape index (κ2) is 5.28. The molecule has 3 heteroatoms. The summed E-state index contributed by atoms with van der Waals surface area (Å²) in [5, 5.41) is 11.8. The molecule has 0 aliphatic rings. The minimum Gasteiger partial charge on any atom is -0.317 e. The highest BCUT2D eigenvalue weighted by molar-refractivity contribution is 5.22. The maximum Gasteiger partial charge on any atom is 0.140 e. The van der Waals surface area contributed by atoms with Crippen LogP contribution in [0.2, 0.25) is 0 Å². The minimum atomic E-state index is 0.494. The van der Waals surface area contributed by atoms with E-state index >= 15 is 0 Å². The van der Waals surface area contributed by atoms with E-state index in [0.29, 0.717) is 5.69 Å². The van der Waals surface area contributed by atoms with Crippen LogP contribution in [0.3, 0.4) is 0 Å². The quantitative estimate of drug-likeness (QED) is 0.697. The summed E-state index contributed by atoms with van der Waals surface area (Å²) in [6, 6.07) is 7.56. The number of aromatic nitrogens is 1. The lowest BCUT2D eigenvalue weighted by molar-refractivity contribution is 0.707. The summed E-state index contributed by atoms with van der Waals surface area (Å²) < 4.78 is 0. The number of rotatable bonds is 4. The molecule has 0 aliphatic carbocycles. The SMILES string of the molecule is CCNCCc1cccc(C#N)n1. The average molecular weight is 175 g/mol. The predicted molar refractivity (Wildman–Crippen MR) is 51.2 cm³/mol. The van der Waals surface area contributed by atoms with Crippen molar-refractivity contribution >= 4 is 0 Å². The average Bonchev–Trinajstić information content (AvgIpc) is 2.19. The van der Waals surface area contributed by atoms with Crippen LogP contribution >= 0.6 is 0 Å². The third-order valence-electron chi connectivity index (χ3n) is 1.73. The first-order chi connectivity index (χ1) is 6.36. The molecule has 1 aromatic rings. The number of hydrogen-bond acceptors (Lipinski definition) is 3. The third kappa shape index (κ3) is 3.22. The molecule has 0 unspecified atom stereocenters. The molecule has 0 saturated carbocycles. The molecule has 0 bridgehead atoms. The van der Waals surface area contributed by atoms with Crippen LogP contribution in [0.4, 0.5) is 0 Å². The molecule has 3 nitrogen and oxygen atoms in total. The number of likely N-dealkylation sites (N-methyl/N-ethyl adjacent to an activating group) is 1. The lowest BCUT2D eigenvalue weighted by Gasteiger charge is -2.00. The van der Waals surface area contributed by atoms with E-state index in [-0.39, 0.29) is 0 Å². The van der Waals surface area contributed by atoms with E-state index < -0.39 is 0 Å². The van der Waals surface area contributed by atoms with E-state index in [4.69, 9.17) is 5.26 Å². The van der Waals surface area contributed by atoms with Crippen LogP contribution < -0.4 is 5.32 Å². The van der Waals surface area contributed by atoms with Gasteiger partial charge in [-0.1, -0.05) is 13.0 Å². The topological polar surface area (TPSA) is 48.7 Å². The van der Waals surface area contributed by atoms with Crippen LogP contribution in [-0.2, 0) is 6.42 Å². The molecule has 1 N–H and O–H groups in total. The van der Waals surface area contributed by atoms with Crippen molar-refractivity contribution in [2.75, 3.05) is 13.1 Å². The van der Waals surface area contributed by atoms with Crippen molar-refractivity contribution < 1.29 is 0 Å². The Balaban J connectivity index is 2.52. The van der Waals surface area contributed by atoms with Gasteiger partial charge in [0, 0.05) is 18.7 Å². The zero-order valence-electron chi connectivity index (χ0n) is 7.75. The lowest BCUT2D eigenvalue weighted by atomic mass is 10.2. The summed E-state index contributed by atoms with van der Waals surface area (Å²) in [5.74, 6) is 0. The number of nitrogens with one attached hydrogen (secondary N) is 1. The summed E-state index contributed by atoms with van der Waals surface area (Å²) in [5.41, 5.74) is 1.47. The molecule has 13 heavy (non-hydrogen) atoms. The largest absolute Gasteiger partial charge is 0.317 e. The van der Waals surface area contributed by atoms with Gasteiger partial charge in [-0.3, -0.25) is 0 Å². The van der Waals surface area contributed by atoms with E-state index in [9.17, 15) is 0 Å². The highest BCUT2D eigenvalue weighted by atomic mass is 14.8. The molecule has 1 rings (SSSR count). The molecule has 0 aliphatic heterocycles. The fourth-order valence-electron chi connectivity index (χ4n) is 1.07. The van der Waals surface area contributed by atoms with E-state index in [1.165, 1.54) is 0 Å². The first-order valence-corrected chi connectivity index (χ1v) is 4.43. The van der Waals surface area contributed by atoms with E-state index in [0.717, 1.165) is 25.2 Å². The first kappa shape index (κ1) is 9.69. The van der Waals surface area contributed by atoms with Gasteiger partial charge in [0.05, 0.1) is 0 Å². The third-order valence-corrected chi connectivity index (χ3v) is 1.73. The van der Waals surface area contributed by atoms with Crippen LogP contribution in [0.25, 0.3) is 0 Å². The highest BCUT2D eigenvalue weighted by Crippen LogP contribution is 1.98. The Hall–Kier alpha value is -1.40. The van der Waals surface area contributed by atoms with Crippen molar-refractivity contribution in [1.29, 1.82) is 5.26 Å². The first-order valence-electron chi connectivity index (χ1n) is 4.43. The molecule has 0 amide bonds. The van der Waals surface area contributed by atoms with E-state index in [2.05, 4.69) is 17.2 Å². The highest BCUT2D eigenvalue weighted by Gasteiger charge is 1.95. The Labute approximate surface area is 78.4 Å². The Kier molecular flexibility index (Phi) is 3.94. The van der Waals surface area contributed by atoms with Gasteiger partial charge in [-0.2, -0.15) is 5.26 Å². The van der Waals surface area contributed by atoms with Crippen molar-refractivity contribution in [1.82, 2.24) is 10.3 Å². The van der Waals surface area contributed by atoms with Gasteiger partial charge in [0.25, 0.3) is 0 Å². The van der Waals surface area contributed by atoms with Gasteiger partial charge in [0.1, 0.15) is 11.8 Å². The van der Waals surface area contributed by atoms with Gasteiger partial charge >= 0.3 is 0 Å². The minimum absolute atomic E-state index is 0.494. The van der Waals surface area contributed by atoms with E-state index in [1.54, 1.807) is 6.07 Å². The van der Waals surface area contributed by atoms with Gasteiger partial charge in [0.15, 0.2) is 0 Å². The van der Waals surface area contributed by atoms with Crippen molar-refractivity contribution in [3.63, 3.8) is 0 Å². The molecule has 0 atom stereocenters. The summed E-state index contributed by atoms with van der Waals surface area (Å²) in [4.78, 5) is 4.16. The molecule has 0 spiro atoms. The fraction of sp³-hybridized carbons (Fsp3) is 0.400. The molecular formula is C10H13N3. The van der Waals surface area contributed by atoms with Crippen LogP contribution in [0.15, 0.2) is 18.2 Å². The Morgan fingerprint density at radius 2 is 2.38 bits per heavy atom. The normalized spacial score (nSPS) is 9.54. The maximum absolute atomic E-state index is 8.61. The second-order valence-electron chi connectivity index (χ2n) is 2.73. The zero-order chi connectivity index (χ0) is 9.52. The zero-order valence-corrected chi connectivity index (χ0v) is 7.75. The number of hydrogen-bond donors (Lipinski definition) is 1. The van der Waals surface area contributed by atoms with Gasteiger partial charge < -0.3 is 5.32 Å². The van der Waals surface area contributed by atoms with Gasteiger partial charge in [-0.05, 0) is 18.7 Å². The predicted octanol–water partition coefficient (Wildman–Crippen LogP) is 1.11. The number of nitrogens with zero attached hydrogens (tertiary/aromatic N) is 2. The van der Waals surface area contributed by atoms with Crippen LogP contribution in [0.1, 0.15) is 18.3 Å². The van der Waals surface area contributed by atoms with Crippen molar-refractivity contribution in [2.24, 2.45) is 0 Å². The second-order valence-corrected chi connectivity index (χ2v) is 2.73. The molecule has 0 radical (unpaired) electrons. The summed E-state index contributed by atoms with van der Waals surface area (Å²) in [6.07, 6.45) is 0.878. The van der Waals surface area contributed by atoms with Gasteiger partial charge in [-0.15, -0.1) is 0 Å². The molecule has 0 aromatic carbocycles. The Morgan fingerprint density at radius 3 is 3.08 bits per heavy atom. The van der Waals surface area contributed by atoms with Crippen molar-refractivity contribution in [3.05, 3.63) is 29.6 Å². The molecule has 1 heterocycles. The summed E-state index contributed by atoms with van der Waals surface area (Å²) in [7, 11) is 0. The molecule has 0 saturated heterocycles. The molecule has 1 aromatic heterocycles. The monoisotopic (exact) mass is 175 g/mol. The standard InChI is InChI=1S/C10H13N3/c1-2-12-7-6-9-4-3-5-10(8-11)13-9/h3-5,12H,2,6-7H2,1H3.